The molecule has 6 heteroatoms. The van der Waals surface area contributed by atoms with Gasteiger partial charge in [-0.1, -0.05) is 18.6 Å². The Labute approximate surface area is 194 Å². The number of hydrogen-bond acceptors (Lipinski definition) is 3. The third kappa shape index (κ3) is 7.31. The second-order valence-electron chi connectivity index (χ2n) is 8.25. The lowest BCUT2D eigenvalue weighted by Gasteiger charge is -2.29. The average Bonchev–Trinajstić information content (AvgIpc) is 3.17. The van der Waals surface area contributed by atoms with Gasteiger partial charge in [0.15, 0.2) is 5.96 Å². The van der Waals surface area contributed by atoms with Crippen LogP contribution in [-0.2, 0) is 6.42 Å². The maximum absolute atomic E-state index is 5.45. The van der Waals surface area contributed by atoms with E-state index in [-0.39, 0.29) is 24.0 Å². The molecule has 2 saturated heterocycles. The molecule has 1 N–H and O–H groups in total. The first-order valence-corrected chi connectivity index (χ1v) is 11.1. The van der Waals surface area contributed by atoms with Gasteiger partial charge < -0.3 is 19.9 Å². The summed E-state index contributed by atoms with van der Waals surface area (Å²) in [7, 11) is 1.74. The molecule has 0 aliphatic carbocycles. The van der Waals surface area contributed by atoms with Crippen LogP contribution in [0.1, 0.15) is 43.7 Å². The Hall–Kier alpha value is -1.02. The van der Waals surface area contributed by atoms with Gasteiger partial charge in [-0.2, -0.15) is 0 Å². The zero-order valence-electron chi connectivity index (χ0n) is 18.5. The molecule has 1 aromatic rings. The summed E-state index contributed by atoms with van der Waals surface area (Å²) in [6, 6.07) is 6.46. The summed E-state index contributed by atoms with van der Waals surface area (Å²) in [5, 5.41) is 3.50. The molecule has 2 aliphatic rings. The van der Waals surface area contributed by atoms with Gasteiger partial charge in [-0.15, -0.1) is 24.0 Å². The van der Waals surface area contributed by atoms with E-state index in [9.17, 15) is 0 Å². The molecule has 29 heavy (non-hydrogen) atoms. The Bertz CT molecular complexity index is 646. The molecule has 2 aliphatic heterocycles. The van der Waals surface area contributed by atoms with E-state index in [1.165, 1.54) is 56.4 Å². The molecule has 5 nitrogen and oxygen atoms in total. The Morgan fingerprint density at radius 2 is 2.00 bits per heavy atom. The third-order valence-electron chi connectivity index (χ3n) is 6.02. The standard InChI is InChI=1S/C23H38N4O.HI/c1-4-24-23(25-12-10-20-9-8-19(2)22(16-20)28-3)27-15-11-21(18-27)17-26-13-6-5-7-14-26;/h8-9,16,21H,4-7,10-15,17-18H2,1-3H3,(H,24,25);1H. The van der Waals surface area contributed by atoms with Crippen LogP contribution in [0.3, 0.4) is 0 Å². The first kappa shape index (κ1) is 24.3. The number of aryl methyl sites for hydroxylation is 1. The van der Waals surface area contributed by atoms with Gasteiger partial charge in [0, 0.05) is 32.7 Å². The minimum absolute atomic E-state index is 0. The van der Waals surface area contributed by atoms with Gasteiger partial charge in [0.1, 0.15) is 5.75 Å². The van der Waals surface area contributed by atoms with E-state index in [2.05, 4.69) is 47.2 Å². The highest BCUT2D eigenvalue weighted by Crippen LogP contribution is 2.21. The zero-order chi connectivity index (χ0) is 19.8. The lowest BCUT2D eigenvalue weighted by atomic mass is 10.1. The molecule has 2 heterocycles. The number of ether oxygens (including phenoxy) is 1. The fourth-order valence-electron chi connectivity index (χ4n) is 4.42. The van der Waals surface area contributed by atoms with Crippen LogP contribution in [0.4, 0.5) is 0 Å². The summed E-state index contributed by atoms with van der Waals surface area (Å²) in [4.78, 5) is 10.1. The molecule has 0 bridgehead atoms. The molecule has 2 fully saturated rings. The first-order valence-electron chi connectivity index (χ1n) is 11.1. The minimum Gasteiger partial charge on any atom is -0.496 e. The van der Waals surface area contributed by atoms with Crippen molar-refractivity contribution in [1.29, 1.82) is 0 Å². The molecule has 164 valence electrons. The van der Waals surface area contributed by atoms with Crippen molar-refractivity contribution in [3.05, 3.63) is 29.3 Å². The number of likely N-dealkylation sites (tertiary alicyclic amines) is 2. The molecule has 0 saturated carbocycles. The zero-order valence-corrected chi connectivity index (χ0v) is 20.8. The molecule has 3 rings (SSSR count). The summed E-state index contributed by atoms with van der Waals surface area (Å²) in [5.41, 5.74) is 2.46. The molecule has 0 radical (unpaired) electrons. The number of halogens is 1. The summed E-state index contributed by atoms with van der Waals surface area (Å²) >= 11 is 0. The Balaban J connectivity index is 0.00000300. The predicted octanol–water partition coefficient (Wildman–Crippen LogP) is 3.94. The number of nitrogens with zero attached hydrogens (tertiary/aromatic N) is 3. The van der Waals surface area contributed by atoms with Gasteiger partial charge >= 0.3 is 0 Å². The SMILES string of the molecule is CCNC(=NCCc1ccc(C)c(OC)c1)N1CCC(CN2CCCCC2)C1.I. The Morgan fingerprint density at radius 1 is 1.21 bits per heavy atom. The number of hydrogen-bond donors (Lipinski definition) is 1. The normalized spacial score (nSPS) is 20.4. The number of nitrogens with one attached hydrogen (secondary N) is 1. The van der Waals surface area contributed by atoms with Crippen molar-refractivity contribution in [2.45, 2.75) is 46.0 Å². The van der Waals surface area contributed by atoms with E-state index < -0.39 is 0 Å². The van der Waals surface area contributed by atoms with E-state index in [0.29, 0.717) is 0 Å². The molecule has 1 atom stereocenters. The third-order valence-corrected chi connectivity index (χ3v) is 6.02. The first-order chi connectivity index (χ1) is 13.7. The second kappa shape index (κ2) is 12.6. The molecule has 0 aromatic heterocycles. The van der Waals surface area contributed by atoms with E-state index in [4.69, 9.17) is 9.73 Å². The van der Waals surface area contributed by atoms with Gasteiger partial charge in [0.05, 0.1) is 7.11 Å². The van der Waals surface area contributed by atoms with Crippen LogP contribution in [0.5, 0.6) is 5.75 Å². The average molecular weight is 514 g/mol. The molecule has 0 spiro atoms. The van der Waals surface area contributed by atoms with E-state index in [1.54, 1.807) is 7.11 Å². The van der Waals surface area contributed by atoms with Gasteiger partial charge in [-0.25, -0.2) is 0 Å². The second-order valence-corrected chi connectivity index (χ2v) is 8.25. The fourth-order valence-corrected chi connectivity index (χ4v) is 4.42. The quantitative estimate of drug-likeness (QED) is 0.340. The number of piperidine rings is 1. The number of methoxy groups -OCH3 is 1. The molecule has 1 unspecified atom stereocenters. The number of benzene rings is 1. The van der Waals surface area contributed by atoms with Crippen molar-refractivity contribution in [2.75, 3.05) is 52.9 Å². The van der Waals surface area contributed by atoms with Crippen LogP contribution in [-0.4, -0.2) is 68.7 Å². The number of rotatable bonds is 7. The summed E-state index contributed by atoms with van der Waals surface area (Å²) in [5.74, 6) is 2.83. The van der Waals surface area contributed by atoms with Gasteiger partial charge in [-0.05, 0) is 75.7 Å². The smallest absolute Gasteiger partial charge is 0.193 e. The lowest BCUT2D eigenvalue weighted by Crippen LogP contribution is -2.41. The maximum atomic E-state index is 5.45. The van der Waals surface area contributed by atoms with Crippen LogP contribution in [0, 0.1) is 12.8 Å². The summed E-state index contributed by atoms with van der Waals surface area (Å²) in [6.45, 7) is 12.1. The summed E-state index contributed by atoms with van der Waals surface area (Å²) < 4.78 is 5.45. The predicted molar refractivity (Wildman–Crippen MR) is 133 cm³/mol. The van der Waals surface area contributed by atoms with E-state index >= 15 is 0 Å². The van der Waals surface area contributed by atoms with Crippen LogP contribution in [0.15, 0.2) is 23.2 Å². The highest BCUT2D eigenvalue weighted by molar-refractivity contribution is 14.0. The van der Waals surface area contributed by atoms with Crippen LogP contribution in [0.25, 0.3) is 0 Å². The van der Waals surface area contributed by atoms with Crippen LogP contribution in [0.2, 0.25) is 0 Å². The van der Waals surface area contributed by atoms with Crippen molar-refractivity contribution >= 4 is 29.9 Å². The topological polar surface area (TPSA) is 40.1 Å². The van der Waals surface area contributed by atoms with Gasteiger partial charge in [0.2, 0.25) is 0 Å². The van der Waals surface area contributed by atoms with Crippen molar-refractivity contribution in [2.24, 2.45) is 10.9 Å². The van der Waals surface area contributed by atoms with E-state index in [0.717, 1.165) is 50.2 Å². The Morgan fingerprint density at radius 3 is 2.72 bits per heavy atom. The Kier molecular flexibility index (Phi) is 10.6. The van der Waals surface area contributed by atoms with Gasteiger partial charge in [0.25, 0.3) is 0 Å². The highest BCUT2D eigenvalue weighted by atomic mass is 127. The maximum Gasteiger partial charge on any atom is 0.193 e. The minimum atomic E-state index is 0. The lowest BCUT2D eigenvalue weighted by molar-refractivity contribution is 0.198. The van der Waals surface area contributed by atoms with Gasteiger partial charge in [-0.3, -0.25) is 4.99 Å². The van der Waals surface area contributed by atoms with Crippen LogP contribution < -0.4 is 10.1 Å². The number of aliphatic imine (C=N–C) groups is 1. The molecular formula is C23H39IN4O. The largest absolute Gasteiger partial charge is 0.496 e. The van der Waals surface area contributed by atoms with Crippen molar-refractivity contribution in [3.8, 4) is 5.75 Å². The monoisotopic (exact) mass is 514 g/mol. The van der Waals surface area contributed by atoms with Crippen molar-refractivity contribution in [1.82, 2.24) is 15.1 Å². The summed E-state index contributed by atoms with van der Waals surface area (Å²) in [6.07, 6.45) is 6.40. The van der Waals surface area contributed by atoms with Crippen LogP contribution >= 0.6 is 24.0 Å². The molecular weight excluding hydrogens is 475 g/mol. The highest BCUT2D eigenvalue weighted by Gasteiger charge is 2.26. The molecule has 1 aromatic carbocycles. The van der Waals surface area contributed by atoms with Crippen molar-refractivity contribution in [3.63, 3.8) is 0 Å². The van der Waals surface area contributed by atoms with Crippen molar-refractivity contribution < 1.29 is 4.74 Å². The number of guanidine groups is 1. The van der Waals surface area contributed by atoms with E-state index in [1.807, 2.05) is 0 Å². The molecule has 0 amide bonds. The fraction of sp³-hybridized carbons (Fsp3) is 0.696.